The molecular weight excluding hydrogens is 250 g/mol. The minimum atomic E-state index is 0.134. The molecule has 3 N–H and O–H groups in total. The predicted molar refractivity (Wildman–Crippen MR) is 82.2 cm³/mol. The van der Waals surface area contributed by atoms with Gasteiger partial charge in [-0.25, -0.2) is 0 Å². The van der Waals surface area contributed by atoms with Crippen molar-refractivity contribution in [3.63, 3.8) is 0 Å². The number of nitrogens with two attached hydrogens (primary N) is 1. The van der Waals surface area contributed by atoms with E-state index in [0.717, 1.165) is 31.6 Å². The van der Waals surface area contributed by atoms with Gasteiger partial charge in [0.2, 0.25) is 5.91 Å². The summed E-state index contributed by atoms with van der Waals surface area (Å²) in [6, 6.07) is 8.48. The fourth-order valence-electron chi connectivity index (χ4n) is 2.32. The van der Waals surface area contributed by atoms with E-state index in [0.29, 0.717) is 12.6 Å². The molecule has 0 atom stereocenters. The topological polar surface area (TPSA) is 58.4 Å². The number of unbranched alkanes of at least 4 members (excludes halogenated alkanes) is 1. The molecule has 0 bridgehead atoms. The fraction of sp³-hybridized carbons (Fsp3) is 0.562. The van der Waals surface area contributed by atoms with Gasteiger partial charge in [0.05, 0.1) is 6.54 Å². The van der Waals surface area contributed by atoms with E-state index in [2.05, 4.69) is 23.2 Å². The van der Waals surface area contributed by atoms with Crippen LogP contribution in [0.4, 0.5) is 5.69 Å². The van der Waals surface area contributed by atoms with Gasteiger partial charge in [0.25, 0.3) is 0 Å². The first-order valence-electron chi connectivity index (χ1n) is 7.54. The summed E-state index contributed by atoms with van der Waals surface area (Å²) in [5.74, 6) is 0.134. The molecule has 110 valence electrons. The lowest BCUT2D eigenvalue weighted by Crippen LogP contribution is -2.38. The summed E-state index contributed by atoms with van der Waals surface area (Å²) in [7, 11) is 0. The van der Waals surface area contributed by atoms with Gasteiger partial charge in [0.1, 0.15) is 0 Å². The number of nitrogens with one attached hydrogen (secondary N) is 1. The minimum absolute atomic E-state index is 0.134. The van der Waals surface area contributed by atoms with Crippen molar-refractivity contribution >= 4 is 11.6 Å². The number of anilines is 1. The highest BCUT2D eigenvalue weighted by atomic mass is 16.2. The number of nitrogens with zero attached hydrogens (tertiary/aromatic N) is 1. The molecule has 4 nitrogen and oxygen atoms in total. The Hall–Kier alpha value is -1.55. The lowest BCUT2D eigenvalue weighted by atomic mass is 10.2. The van der Waals surface area contributed by atoms with E-state index in [1.54, 1.807) is 0 Å². The SMILES string of the molecule is CCCCNC(=O)CN(Cc1cccc(N)c1)C1CC1. The highest BCUT2D eigenvalue weighted by Crippen LogP contribution is 2.28. The summed E-state index contributed by atoms with van der Waals surface area (Å²) in [5, 5.41) is 2.99. The molecule has 20 heavy (non-hydrogen) atoms. The molecule has 1 aliphatic rings. The van der Waals surface area contributed by atoms with Crippen molar-refractivity contribution in [3.05, 3.63) is 29.8 Å². The third kappa shape index (κ3) is 4.85. The van der Waals surface area contributed by atoms with E-state index in [1.807, 2.05) is 18.2 Å². The Morgan fingerprint density at radius 1 is 1.45 bits per heavy atom. The summed E-state index contributed by atoms with van der Waals surface area (Å²) in [4.78, 5) is 14.2. The van der Waals surface area contributed by atoms with Gasteiger partial charge in [-0.2, -0.15) is 0 Å². The Labute approximate surface area is 121 Å². The zero-order valence-electron chi connectivity index (χ0n) is 12.3. The Kier molecular flexibility index (Phi) is 5.41. The highest BCUT2D eigenvalue weighted by Gasteiger charge is 2.30. The van der Waals surface area contributed by atoms with Crippen LogP contribution in [0.25, 0.3) is 0 Å². The Balaban J connectivity index is 1.86. The summed E-state index contributed by atoms with van der Waals surface area (Å²) < 4.78 is 0. The molecule has 1 aliphatic carbocycles. The molecule has 2 rings (SSSR count). The molecule has 0 unspecified atom stereocenters. The van der Waals surface area contributed by atoms with Crippen LogP contribution in [-0.2, 0) is 11.3 Å². The van der Waals surface area contributed by atoms with E-state index >= 15 is 0 Å². The van der Waals surface area contributed by atoms with Crippen molar-refractivity contribution in [1.29, 1.82) is 0 Å². The van der Waals surface area contributed by atoms with Gasteiger partial charge in [-0.3, -0.25) is 9.69 Å². The van der Waals surface area contributed by atoms with Crippen molar-refractivity contribution in [2.45, 2.75) is 45.2 Å². The van der Waals surface area contributed by atoms with Crippen LogP contribution in [0.1, 0.15) is 38.2 Å². The van der Waals surface area contributed by atoms with Crippen LogP contribution in [-0.4, -0.2) is 29.9 Å². The summed E-state index contributed by atoms with van der Waals surface area (Å²) in [6.07, 6.45) is 4.55. The standard InChI is InChI=1S/C16H25N3O/c1-2-3-9-18-16(20)12-19(15-7-8-15)11-13-5-4-6-14(17)10-13/h4-6,10,15H,2-3,7-9,11-12,17H2,1H3,(H,18,20). The zero-order chi connectivity index (χ0) is 14.4. The normalized spacial score (nSPS) is 14.5. The molecule has 4 heteroatoms. The van der Waals surface area contributed by atoms with E-state index in [4.69, 9.17) is 5.73 Å². The van der Waals surface area contributed by atoms with Gasteiger partial charge in [0.15, 0.2) is 0 Å². The smallest absolute Gasteiger partial charge is 0.234 e. The van der Waals surface area contributed by atoms with Gasteiger partial charge in [-0.1, -0.05) is 25.5 Å². The maximum atomic E-state index is 11.9. The van der Waals surface area contributed by atoms with Crippen molar-refractivity contribution in [1.82, 2.24) is 10.2 Å². The van der Waals surface area contributed by atoms with Gasteiger partial charge >= 0.3 is 0 Å². The molecule has 0 aromatic heterocycles. The number of hydrogen-bond donors (Lipinski definition) is 2. The summed E-state index contributed by atoms with van der Waals surface area (Å²) in [6.45, 7) is 4.20. The molecule has 1 fully saturated rings. The second-order valence-electron chi connectivity index (χ2n) is 5.58. The maximum absolute atomic E-state index is 11.9. The number of nitrogen functional groups attached to an aromatic ring is 1. The van der Waals surface area contributed by atoms with Crippen LogP contribution in [0.2, 0.25) is 0 Å². The van der Waals surface area contributed by atoms with Crippen LogP contribution < -0.4 is 11.1 Å². The minimum Gasteiger partial charge on any atom is -0.399 e. The van der Waals surface area contributed by atoms with Gasteiger partial charge in [0, 0.05) is 24.8 Å². The molecule has 1 amide bonds. The fourth-order valence-corrected chi connectivity index (χ4v) is 2.32. The van der Waals surface area contributed by atoms with E-state index in [-0.39, 0.29) is 5.91 Å². The second-order valence-corrected chi connectivity index (χ2v) is 5.58. The average Bonchev–Trinajstić information content (AvgIpc) is 3.22. The molecule has 0 radical (unpaired) electrons. The van der Waals surface area contributed by atoms with Crippen LogP contribution in [0.3, 0.4) is 0 Å². The molecule has 1 aromatic carbocycles. The predicted octanol–water partition coefficient (Wildman–Crippen LogP) is 2.15. The third-order valence-electron chi connectivity index (χ3n) is 3.60. The summed E-state index contributed by atoms with van der Waals surface area (Å²) in [5.41, 5.74) is 7.77. The number of carbonyl (C=O) groups is 1. The Bertz CT molecular complexity index is 443. The first-order valence-corrected chi connectivity index (χ1v) is 7.54. The Morgan fingerprint density at radius 3 is 2.90 bits per heavy atom. The van der Waals surface area contributed by atoms with Gasteiger partial charge < -0.3 is 11.1 Å². The lowest BCUT2D eigenvalue weighted by Gasteiger charge is -2.21. The van der Waals surface area contributed by atoms with Crippen LogP contribution in [0.5, 0.6) is 0 Å². The first-order chi connectivity index (χ1) is 9.69. The number of hydrogen-bond acceptors (Lipinski definition) is 3. The lowest BCUT2D eigenvalue weighted by molar-refractivity contribution is -0.122. The molecule has 0 aliphatic heterocycles. The zero-order valence-corrected chi connectivity index (χ0v) is 12.3. The van der Waals surface area contributed by atoms with E-state index in [1.165, 1.54) is 18.4 Å². The molecule has 0 heterocycles. The monoisotopic (exact) mass is 275 g/mol. The van der Waals surface area contributed by atoms with Crippen molar-refractivity contribution in [2.24, 2.45) is 0 Å². The van der Waals surface area contributed by atoms with Crippen LogP contribution in [0, 0.1) is 0 Å². The largest absolute Gasteiger partial charge is 0.399 e. The second kappa shape index (κ2) is 7.29. The quantitative estimate of drug-likeness (QED) is 0.564. The molecular formula is C16H25N3O. The number of carbonyl (C=O) groups excluding carboxylic acids is 1. The number of benzene rings is 1. The van der Waals surface area contributed by atoms with Crippen molar-refractivity contribution in [2.75, 3.05) is 18.8 Å². The number of amides is 1. The third-order valence-corrected chi connectivity index (χ3v) is 3.60. The van der Waals surface area contributed by atoms with Gasteiger partial charge in [-0.15, -0.1) is 0 Å². The average molecular weight is 275 g/mol. The van der Waals surface area contributed by atoms with Crippen LogP contribution in [0.15, 0.2) is 24.3 Å². The summed E-state index contributed by atoms with van der Waals surface area (Å²) >= 11 is 0. The Morgan fingerprint density at radius 2 is 2.25 bits per heavy atom. The maximum Gasteiger partial charge on any atom is 0.234 e. The molecule has 0 spiro atoms. The van der Waals surface area contributed by atoms with Crippen LogP contribution >= 0.6 is 0 Å². The van der Waals surface area contributed by atoms with Crippen molar-refractivity contribution < 1.29 is 4.79 Å². The molecule has 1 aromatic rings. The number of rotatable bonds is 8. The van der Waals surface area contributed by atoms with E-state index in [9.17, 15) is 4.79 Å². The van der Waals surface area contributed by atoms with E-state index < -0.39 is 0 Å². The van der Waals surface area contributed by atoms with Gasteiger partial charge in [-0.05, 0) is 37.0 Å². The first kappa shape index (κ1) is 14.9. The highest BCUT2D eigenvalue weighted by molar-refractivity contribution is 5.78. The van der Waals surface area contributed by atoms with Crippen molar-refractivity contribution in [3.8, 4) is 0 Å². The molecule has 1 saturated carbocycles. The molecule has 0 saturated heterocycles.